The van der Waals surface area contributed by atoms with Crippen LogP contribution in [0.25, 0.3) is 0 Å². The zero-order valence-electron chi connectivity index (χ0n) is 9.15. The topological polar surface area (TPSA) is 29.5 Å². The third kappa shape index (κ3) is 2.58. The van der Waals surface area contributed by atoms with Gasteiger partial charge in [-0.2, -0.15) is 0 Å². The molecule has 1 aliphatic heterocycles. The van der Waals surface area contributed by atoms with Crippen molar-refractivity contribution in [1.29, 1.82) is 0 Å². The van der Waals surface area contributed by atoms with E-state index < -0.39 is 0 Å². The summed E-state index contributed by atoms with van der Waals surface area (Å²) >= 11 is 0. The molecule has 1 N–H and O–H groups in total. The van der Waals surface area contributed by atoms with Crippen LogP contribution in [-0.2, 0) is 11.2 Å². The molecular weight excluding hydrogens is 188 g/mol. The minimum atomic E-state index is -0.234. The quantitative estimate of drug-likeness (QED) is 0.823. The molecule has 0 saturated carbocycles. The molecule has 2 atom stereocenters. The van der Waals surface area contributed by atoms with Crippen LogP contribution in [0.4, 0.5) is 0 Å². The van der Waals surface area contributed by atoms with Crippen LogP contribution in [0, 0.1) is 0 Å². The average Bonchev–Trinajstić information content (AvgIpc) is 2.26. The number of rotatable bonds is 3. The lowest BCUT2D eigenvalue weighted by atomic mass is 9.94. The van der Waals surface area contributed by atoms with Gasteiger partial charge in [0.2, 0.25) is 0 Å². The van der Waals surface area contributed by atoms with Gasteiger partial charge in [0.1, 0.15) is 0 Å². The maximum atomic E-state index is 9.28. The molecule has 0 spiro atoms. The van der Waals surface area contributed by atoms with Gasteiger partial charge in [-0.05, 0) is 37.3 Å². The molecule has 15 heavy (non-hydrogen) atoms. The maximum absolute atomic E-state index is 9.28. The Bertz CT molecular complexity index is 320. The fraction of sp³-hybridized carbons (Fsp3) is 0.538. The van der Waals surface area contributed by atoms with Gasteiger partial charge in [-0.3, -0.25) is 0 Å². The largest absolute Gasteiger partial charge is 0.393 e. The average molecular weight is 206 g/mol. The fourth-order valence-corrected chi connectivity index (χ4v) is 2.11. The van der Waals surface area contributed by atoms with Crippen LogP contribution in [0.15, 0.2) is 24.3 Å². The van der Waals surface area contributed by atoms with Gasteiger partial charge in [-0.15, -0.1) is 0 Å². The van der Waals surface area contributed by atoms with Gasteiger partial charge in [0.15, 0.2) is 0 Å². The second kappa shape index (κ2) is 4.77. The van der Waals surface area contributed by atoms with Crippen molar-refractivity contribution in [2.24, 2.45) is 0 Å². The molecule has 2 unspecified atom stereocenters. The summed E-state index contributed by atoms with van der Waals surface area (Å²) in [5.41, 5.74) is 2.71. The van der Waals surface area contributed by atoms with Gasteiger partial charge in [0, 0.05) is 0 Å². The normalized spacial score (nSPS) is 22.1. The Balaban J connectivity index is 2.08. The molecule has 2 rings (SSSR count). The Morgan fingerprint density at radius 1 is 1.47 bits per heavy atom. The van der Waals surface area contributed by atoms with Crippen molar-refractivity contribution >= 4 is 0 Å². The van der Waals surface area contributed by atoms with E-state index in [1.807, 2.05) is 6.92 Å². The molecule has 0 amide bonds. The smallest absolute Gasteiger partial charge is 0.0828 e. The molecular formula is C13H18O2. The van der Waals surface area contributed by atoms with Gasteiger partial charge in [-0.1, -0.05) is 24.3 Å². The zero-order valence-corrected chi connectivity index (χ0v) is 9.15. The number of hydrogen-bond donors (Lipinski definition) is 1. The Morgan fingerprint density at radius 3 is 3.07 bits per heavy atom. The minimum Gasteiger partial charge on any atom is -0.393 e. The molecule has 0 bridgehead atoms. The first-order valence-corrected chi connectivity index (χ1v) is 5.65. The Kier molecular flexibility index (Phi) is 3.39. The SMILES string of the molecule is CC(O)CCC1OCCc2ccccc21. The van der Waals surface area contributed by atoms with Gasteiger partial charge in [0.05, 0.1) is 18.8 Å². The predicted molar refractivity (Wildman–Crippen MR) is 59.8 cm³/mol. The first-order valence-electron chi connectivity index (χ1n) is 5.65. The Hall–Kier alpha value is -0.860. The van der Waals surface area contributed by atoms with E-state index in [2.05, 4.69) is 24.3 Å². The summed E-state index contributed by atoms with van der Waals surface area (Å²) in [5, 5.41) is 9.28. The van der Waals surface area contributed by atoms with Crippen molar-refractivity contribution in [3.63, 3.8) is 0 Å². The Morgan fingerprint density at radius 2 is 2.27 bits per heavy atom. The van der Waals surface area contributed by atoms with E-state index in [4.69, 9.17) is 4.74 Å². The summed E-state index contributed by atoms with van der Waals surface area (Å²) in [7, 11) is 0. The highest BCUT2D eigenvalue weighted by molar-refractivity contribution is 5.30. The van der Waals surface area contributed by atoms with Gasteiger partial charge in [0.25, 0.3) is 0 Å². The summed E-state index contributed by atoms with van der Waals surface area (Å²) in [5.74, 6) is 0. The molecule has 1 aromatic carbocycles. The van der Waals surface area contributed by atoms with Gasteiger partial charge < -0.3 is 9.84 Å². The molecule has 82 valence electrons. The van der Waals surface area contributed by atoms with Crippen LogP contribution < -0.4 is 0 Å². The van der Waals surface area contributed by atoms with E-state index in [0.717, 1.165) is 25.9 Å². The van der Waals surface area contributed by atoms with E-state index in [1.165, 1.54) is 11.1 Å². The fourth-order valence-electron chi connectivity index (χ4n) is 2.11. The van der Waals surface area contributed by atoms with Gasteiger partial charge in [-0.25, -0.2) is 0 Å². The van der Waals surface area contributed by atoms with E-state index in [1.54, 1.807) is 0 Å². The second-order valence-corrected chi connectivity index (χ2v) is 4.23. The first-order chi connectivity index (χ1) is 7.27. The van der Waals surface area contributed by atoms with Crippen LogP contribution in [-0.4, -0.2) is 17.8 Å². The van der Waals surface area contributed by atoms with Crippen LogP contribution in [0.5, 0.6) is 0 Å². The zero-order chi connectivity index (χ0) is 10.7. The molecule has 1 aliphatic rings. The molecule has 2 nitrogen and oxygen atoms in total. The third-order valence-electron chi connectivity index (χ3n) is 2.94. The van der Waals surface area contributed by atoms with Crippen molar-refractivity contribution in [3.8, 4) is 0 Å². The third-order valence-corrected chi connectivity index (χ3v) is 2.94. The molecule has 1 heterocycles. The first kappa shape index (κ1) is 10.7. The number of hydrogen-bond acceptors (Lipinski definition) is 2. The number of ether oxygens (including phenoxy) is 1. The van der Waals surface area contributed by atoms with Crippen LogP contribution >= 0.6 is 0 Å². The second-order valence-electron chi connectivity index (χ2n) is 4.23. The number of benzene rings is 1. The number of aliphatic hydroxyl groups is 1. The van der Waals surface area contributed by atoms with E-state index in [0.29, 0.717) is 0 Å². The van der Waals surface area contributed by atoms with E-state index >= 15 is 0 Å². The summed E-state index contributed by atoms with van der Waals surface area (Å²) in [6.07, 6.45) is 2.68. The minimum absolute atomic E-state index is 0.185. The highest BCUT2D eigenvalue weighted by Gasteiger charge is 2.20. The highest BCUT2D eigenvalue weighted by Crippen LogP contribution is 2.30. The molecule has 2 heteroatoms. The van der Waals surface area contributed by atoms with Crippen LogP contribution in [0.1, 0.15) is 37.0 Å². The van der Waals surface area contributed by atoms with E-state index in [9.17, 15) is 5.11 Å². The summed E-state index contributed by atoms with van der Waals surface area (Å²) in [6, 6.07) is 8.45. The summed E-state index contributed by atoms with van der Waals surface area (Å²) in [6.45, 7) is 2.64. The molecule has 1 aromatic rings. The van der Waals surface area contributed by atoms with Crippen LogP contribution in [0.3, 0.4) is 0 Å². The predicted octanol–water partition coefficient (Wildman–Crippen LogP) is 2.46. The molecule has 0 radical (unpaired) electrons. The highest BCUT2D eigenvalue weighted by atomic mass is 16.5. The van der Waals surface area contributed by atoms with Crippen LogP contribution in [0.2, 0.25) is 0 Å². The maximum Gasteiger partial charge on any atom is 0.0828 e. The van der Waals surface area contributed by atoms with Crippen molar-refractivity contribution in [1.82, 2.24) is 0 Å². The number of aliphatic hydroxyl groups excluding tert-OH is 1. The lowest BCUT2D eigenvalue weighted by molar-refractivity contribution is 0.0265. The van der Waals surface area contributed by atoms with Gasteiger partial charge >= 0.3 is 0 Å². The Labute approximate surface area is 90.9 Å². The molecule has 0 fully saturated rings. The summed E-state index contributed by atoms with van der Waals surface area (Å²) in [4.78, 5) is 0. The lowest BCUT2D eigenvalue weighted by Gasteiger charge is -2.26. The monoisotopic (exact) mass is 206 g/mol. The standard InChI is InChI=1S/C13H18O2/c1-10(14)6-7-13-12-5-3-2-4-11(12)8-9-15-13/h2-5,10,13-14H,6-9H2,1H3. The van der Waals surface area contributed by atoms with E-state index in [-0.39, 0.29) is 12.2 Å². The molecule has 0 aliphatic carbocycles. The molecule has 0 aromatic heterocycles. The molecule has 0 saturated heterocycles. The van der Waals surface area contributed by atoms with Crippen molar-refractivity contribution in [3.05, 3.63) is 35.4 Å². The van der Waals surface area contributed by atoms with Crippen molar-refractivity contribution < 1.29 is 9.84 Å². The summed E-state index contributed by atoms with van der Waals surface area (Å²) < 4.78 is 5.74. The lowest BCUT2D eigenvalue weighted by Crippen LogP contribution is -2.17. The number of fused-ring (bicyclic) bond motifs is 1. The van der Waals surface area contributed by atoms with Crippen molar-refractivity contribution in [2.75, 3.05) is 6.61 Å². The van der Waals surface area contributed by atoms with Crippen molar-refractivity contribution in [2.45, 2.75) is 38.4 Å².